The van der Waals surface area contributed by atoms with Gasteiger partial charge in [-0.25, -0.2) is 17.7 Å². The average molecular weight is 469 g/mol. The molecule has 0 saturated carbocycles. The quantitative estimate of drug-likeness (QED) is 0.681. The Morgan fingerprint density at radius 1 is 1.13 bits per heavy atom. The van der Waals surface area contributed by atoms with Crippen molar-refractivity contribution in [3.8, 4) is 0 Å². The van der Waals surface area contributed by atoms with Crippen LogP contribution in [-0.2, 0) is 21.0 Å². The number of hydrogen-bond donors (Lipinski definition) is 0. The van der Waals surface area contributed by atoms with Crippen LogP contribution < -0.4 is 4.90 Å². The summed E-state index contributed by atoms with van der Waals surface area (Å²) in [7, 11) is -3.28. The number of aromatic nitrogens is 1. The average Bonchev–Trinajstić information content (AvgIpc) is 2.93. The predicted molar refractivity (Wildman–Crippen MR) is 107 cm³/mol. The van der Waals surface area contributed by atoms with E-state index in [2.05, 4.69) is 4.98 Å². The van der Waals surface area contributed by atoms with Gasteiger partial charge in [-0.1, -0.05) is 11.6 Å². The van der Waals surface area contributed by atoms with Crippen molar-refractivity contribution in [3.05, 3.63) is 22.8 Å². The number of alkyl halides is 3. The van der Waals surface area contributed by atoms with Gasteiger partial charge < -0.3 is 9.80 Å². The van der Waals surface area contributed by atoms with E-state index in [0.29, 0.717) is 52.0 Å². The number of carbonyl (C=O) groups excluding carboxylic acids is 1. The van der Waals surface area contributed by atoms with E-state index >= 15 is 0 Å². The smallest absolute Gasteiger partial charge is 0.355 e. The molecule has 0 radical (unpaired) electrons. The second kappa shape index (κ2) is 8.88. The highest BCUT2D eigenvalue weighted by atomic mass is 35.5. The second-order valence-electron chi connectivity index (χ2n) is 7.63. The number of nitrogens with zero attached hydrogens (tertiary/aromatic N) is 4. The van der Waals surface area contributed by atoms with Gasteiger partial charge in [0.25, 0.3) is 0 Å². The summed E-state index contributed by atoms with van der Waals surface area (Å²) in [6, 6.07) is 0.867. The molecule has 0 unspecified atom stereocenters. The highest BCUT2D eigenvalue weighted by Crippen LogP contribution is 2.34. The lowest BCUT2D eigenvalue weighted by Crippen LogP contribution is -2.44. The molecule has 1 aromatic heterocycles. The first-order chi connectivity index (χ1) is 14.0. The Labute approximate surface area is 178 Å². The van der Waals surface area contributed by atoms with E-state index in [1.807, 2.05) is 0 Å². The van der Waals surface area contributed by atoms with Crippen LogP contribution in [0.15, 0.2) is 12.3 Å². The van der Waals surface area contributed by atoms with Gasteiger partial charge in [0, 0.05) is 51.4 Å². The van der Waals surface area contributed by atoms with E-state index in [9.17, 15) is 26.4 Å². The molecule has 30 heavy (non-hydrogen) atoms. The maximum absolute atomic E-state index is 12.9. The lowest BCUT2D eigenvalue weighted by Gasteiger charge is -2.35. The van der Waals surface area contributed by atoms with E-state index in [1.54, 1.807) is 9.80 Å². The van der Waals surface area contributed by atoms with Gasteiger partial charge in [0.15, 0.2) is 0 Å². The maximum atomic E-state index is 12.9. The predicted octanol–water partition coefficient (Wildman–Crippen LogP) is 2.46. The number of hydrogen-bond acceptors (Lipinski definition) is 5. The number of sulfonamides is 1. The zero-order valence-electron chi connectivity index (χ0n) is 16.5. The summed E-state index contributed by atoms with van der Waals surface area (Å²) in [5, 5.41) is -0.0667. The zero-order chi connectivity index (χ0) is 22.1. The Bertz CT molecular complexity index is 889. The van der Waals surface area contributed by atoms with E-state index in [1.165, 1.54) is 10.6 Å². The normalized spacial score (nSPS) is 20.3. The van der Waals surface area contributed by atoms with Gasteiger partial charge >= 0.3 is 6.18 Å². The summed E-state index contributed by atoms with van der Waals surface area (Å²) in [4.78, 5) is 20.3. The van der Waals surface area contributed by atoms with Gasteiger partial charge in [0.1, 0.15) is 5.82 Å². The van der Waals surface area contributed by atoms with Crippen LogP contribution in [0.2, 0.25) is 5.02 Å². The van der Waals surface area contributed by atoms with Crippen molar-refractivity contribution < 1.29 is 26.4 Å². The van der Waals surface area contributed by atoms with E-state index in [-0.39, 0.29) is 29.2 Å². The van der Waals surface area contributed by atoms with Crippen molar-refractivity contribution in [3.63, 3.8) is 0 Å². The molecule has 0 N–H and O–H groups in total. The fourth-order valence-electron chi connectivity index (χ4n) is 3.86. The van der Waals surface area contributed by atoms with Crippen LogP contribution in [0.4, 0.5) is 19.0 Å². The van der Waals surface area contributed by atoms with E-state index < -0.39 is 21.8 Å². The van der Waals surface area contributed by atoms with Crippen LogP contribution in [0, 0.1) is 5.92 Å². The summed E-state index contributed by atoms with van der Waals surface area (Å²) < 4.78 is 63.2. The largest absolute Gasteiger partial charge is 0.417 e. The van der Waals surface area contributed by atoms with Crippen LogP contribution in [-0.4, -0.2) is 74.0 Å². The van der Waals surface area contributed by atoms with Gasteiger partial charge in [-0.3, -0.25) is 4.79 Å². The monoisotopic (exact) mass is 468 g/mol. The maximum Gasteiger partial charge on any atom is 0.417 e. The van der Waals surface area contributed by atoms with Gasteiger partial charge in [0.05, 0.1) is 16.8 Å². The first-order valence-electron chi connectivity index (χ1n) is 9.68. The SMILES string of the molecule is CS(=O)(=O)N1CCCN(C(=O)C2CCN(c3ncc(C(F)(F)F)cc3Cl)CC2)CC1. The number of rotatable bonds is 3. The Balaban J connectivity index is 1.58. The number of halogens is 4. The molecule has 12 heteroatoms. The minimum atomic E-state index is -4.51. The lowest BCUT2D eigenvalue weighted by atomic mass is 9.95. The summed E-state index contributed by atoms with van der Waals surface area (Å²) >= 11 is 6.02. The van der Waals surface area contributed by atoms with Crippen LogP contribution in [0.5, 0.6) is 0 Å². The lowest BCUT2D eigenvalue weighted by molar-refractivity contribution is -0.138. The summed E-state index contributed by atoms with van der Waals surface area (Å²) in [6.07, 6.45) is -0.921. The molecule has 1 aromatic rings. The minimum Gasteiger partial charge on any atom is -0.355 e. The third kappa shape index (κ3) is 5.36. The van der Waals surface area contributed by atoms with Crippen molar-refractivity contribution in [2.75, 3.05) is 50.4 Å². The summed E-state index contributed by atoms with van der Waals surface area (Å²) in [5.74, 6) is 0.0740. The number of carbonyl (C=O) groups is 1. The Hall–Kier alpha value is -1.59. The molecule has 1 amide bonds. The molecule has 0 atom stereocenters. The molecular weight excluding hydrogens is 445 g/mol. The van der Waals surface area contributed by atoms with Gasteiger partial charge in [-0.2, -0.15) is 13.2 Å². The van der Waals surface area contributed by atoms with Crippen molar-refractivity contribution in [2.24, 2.45) is 5.92 Å². The second-order valence-corrected chi connectivity index (χ2v) is 10.0. The first kappa shape index (κ1) is 23.1. The molecule has 2 aliphatic heterocycles. The van der Waals surface area contributed by atoms with Gasteiger partial charge in [0.2, 0.25) is 15.9 Å². The van der Waals surface area contributed by atoms with Crippen molar-refractivity contribution >= 4 is 33.3 Å². The van der Waals surface area contributed by atoms with E-state index in [0.717, 1.165) is 12.3 Å². The number of amides is 1. The Morgan fingerprint density at radius 2 is 1.80 bits per heavy atom. The Kier molecular flexibility index (Phi) is 6.83. The molecular formula is C18H24ClF3N4O3S. The highest BCUT2D eigenvalue weighted by molar-refractivity contribution is 7.88. The molecule has 7 nitrogen and oxygen atoms in total. The molecule has 2 aliphatic rings. The zero-order valence-corrected chi connectivity index (χ0v) is 18.1. The number of anilines is 1. The molecule has 0 spiro atoms. The van der Waals surface area contributed by atoms with Crippen molar-refractivity contribution in [1.82, 2.24) is 14.2 Å². The van der Waals surface area contributed by atoms with Crippen LogP contribution in [0.3, 0.4) is 0 Å². The van der Waals surface area contributed by atoms with Crippen LogP contribution >= 0.6 is 11.6 Å². The van der Waals surface area contributed by atoms with Crippen LogP contribution in [0.25, 0.3) is 0 Å². The fourth-order valence-corrected chi connectivity index (χ4v) is 5.02. The molecule has 2 saturated heterocycles. The summed E-state index contributed by atoms with van der Waals surface area (Å²) in [5.41, 5.74) is -0.898. The summed E-state index contributed by atoms with van der Waals surface area (Å²) in [6.45, 7) is 2.47. The third-order valence-corrected chi connectivity index (χ3v) is 7.11. The van der Waals surface area contributed by atoms with E-state index in [4.69, 9.17) is 11.6 Å². The molecule has 2 fully saturated rings. The minimum absolute atomic E-state index is 0.00326. The Morgan fingerprint density at radius 3 is 2.37 bits per heavy atom. The molecule has 168 valence electrons. The molecule has 0 bridgehead atoms. The molecule has 0 aromatic carbocycles. The van der Waals surface area contributed by atoms with Crippen molar-refractivity contribution in [2.45, 2.75) is 25.4 Å². The van der Waals surface area contributed by atoms with Gasteiger partial charge in [-0.05, 0) is 25.3 Å². The fraction of sp³-hybridized carbons (Fsp3) is 0.667. The molecule has 3 rings (SSSR count). The number of piperidine rings is 1. The number of pyridine rings is 1. The molecule has 3 heterocycles. The molecule has 0 aliphatic carbocycles. The standard InChI is InChI=1S/C18H24ClF3N4O3S/c1-30(28,29)26-6-2-5-25(9-10-26)17(27)13-3-7-24(8-4-13)16-15(19)11-14(12-23-16)18(20,21)22/h11-13H,2-10H2,1H3. The van der Waals surface area contributed by atoms with Gasteiger partial charge in [-0.15, -0.1) is 0 Å². The third-order valence-electron chi connectivity index (χ3n) is 5.53. The van der Waals surface area contributed by atoms with Crippen molar-refractivity contribution in [1.29, 1.82) is 0 Å². The topological polar surface area (TPSA) is 73.8 Å². The first-order valence-corrected chi connectivity index (χ1v) is 11.9. The van der Waals surface area contributed by atoms with Crippen LogP contribution in [0.1, 0.15) is 24.8 Å². The highest BCUT2D eigenvalue weighted by Gasteiger charge is 2.34.